The van der Waals surface area contributed by atoms with Gasteiger partial charge < -0.3 is 0 Å². The van der Waals surface area contributed by atoms with Crippen molar-refractivity contribution in [3.8, 4) is 0 Å². The van der Waals surface area contributed by atoms with Gasteiger partial charge in [0.15, 0.2) is 0 Å². The van der Waals surface area contributed by atoms with Gasteiger partial charge in [-0.3, -0.25) is 4.79 Å². The molecule has 0 saturated heterocycles. The first-order valence-electron chi connectivity index (χ1n) is 6.14. The lowest BCUT2D eigenvalue weighted by Crippen LogP contribution is -2.27. The smallest absolute Gasteiger partial charge is 0.214 e. The number of thioether (sulfide) groups is 3. The van der Waals surface area contributed by atoms with E-state index in [1.165, 1.54) is 22.3 Å². The van der Waals surface area contributed by atoms with Crippen molar-refractivity contribution in [3.05, 3.63) is 12.2 Å². The molecule has 0 rings (SSSR count). The topological polar surface area (TPSA) is 54.5 Å². The monoisotopic (exact) mass is 357 g/mol. The van der Waals surface area contributed by atoms with Crippen LogP contribution in [0.3, 0.4) is 0 Å². The van der Waals surface area contributed by atoms with Crippen LogP contribution in [0.4, 0.5) is 0 Å². The molecule has 0 aromatic rings. The molecular formula is C12H23NO3S4. The first-order chi connectivity index (χ1) is 9.25. The second-order valence-corrected chi connectivity index (χ2v) is 9.83. The lowest BCUT2D eigenvalue weighted by molar-refractivity contribution is -0.107. The Morgan fingerprint density at radius 1 is 1.10 bits per heavy atom. The fourth-order valence-electron chi connectivity index (χ4n) is 0.997. The highest BCUT2D eigenvalue weighted by Gasteiger charge is 2.09. The van der Waals surface area contributed by atoms with Crippen molar-refractivity contribution in [2.75, 3.05) is 48.6 Å². The maximum absolute atomic E-state index is 11.3. The van der Waals surface area contributed by atoms with Crippen molar-refractivity contribution in [1.29, 1.82) is 0 Å². The Kier molecular flexibility index (Phi) is 11.2. The van der Waals surface area contributed by atoms with Crippen molar-refractivity contribution in [1.82, 2.24) is 4.31 Å². The third-order valence-corrected chi connectivity index (χ3v) is 7.10. The summed E-state index contributed by atoms with van der Waals surface area (Å²) in [5.41, 5.74) is 0.602. The molecule has 0 aromatic carbocycles. The van der Waals surface area contributed by atoms with Crippen LogP contribution in [0.5, 0.6) is 0 Å². The predicted molar refractivity (Wildman–Crippen MR) is 94.4 cm³/mol. The molecule has 0 aliphatic rings. The largest absolute Gasteiger partial charge is 0.282 e. The van der Waals surface area contributed by atoms with Gasteiger partial charge in [-0.2, -0.15) is 23.5 Å². The van der Waals surface area contributed by atoms with Crippen LogP contribution >= 0.6 is 35.3 Å². The first kappa shape index (κ1) is 20.4. The molecule has 0 aliphatic heterocycles. The quantitative estimate of drug-likeness (QED) is 0.417. The van der Waals surface area contributed by atoms with Gasteiger partial charge in [0, 0.05) is 42.4 Å². The molecule has 0 saturated carbocycles. The molecule has 0 aliphatic carbocycles. The number of nitrogens with zero attached hydrogens (tertiary/aromatic N) is 1. The molecule has 0 amide bonds. The van der Waals surface area contributed by atoms with E-state index < -0.39 is 10.0 Å². The van der Waals surface area contributed by atoms with Gasteiger partial charge in [0.25, 0.3) is 0 Å². The van der Waals surface area contributed by atoms with Gasteiger partial charge in [0.1, 0.15) is 0 Å². The highest BCUT2D eigenvalue weighted by Crippen LogP contribution is 2.13. The zero-order chi connectivity index (χ0) is 15.6. The normalized spacial score (nSPS) is 11.8. The summed E-state index contributed by atoms with van der Waals surface area (Å²) in [4.78, 5) is 11.3. The standard InChI is InChI=1S/C12H23NO3S4/c1-11(2)12(14)19-10-9-18-8-7-17-6-5-13(3)20(4,15)16/h1,5-10H2,2-4H3. The molecule has 0 bridgehead atoms. The molecule has 4 nitrogen and oxygen atoms in total. The van der Waals surface area contributed by atoms with Crippen molar-refractivity contribution < 1.29 is 13.2 Å². The van der Waals surface area contributed by atoms with Crippen LogP contribution in [0, 0.1) is 0 Å². The third kappa shape index (κ3) is 11.1. The van der Waals surface area contributed by atoms with E-state index in [1.54, 1.807) is 25.7 Å². The Morgan fingerprint density at radius 3 is 2.10 bits per heavy atom. The number of hydrogen-bond donors (Lipinski definition) is 0. The van der Waals surface area contributed by atoms with Crippen molar-refractivity contribution in [2.45, 2.75) is 6.92 Å². The van der Waals surface area contributed by atoms with E-state index >= 15 is 0 Å². The Balaban J connectivity index is 3.38. The maximum atomic E-state index is 11.3. The molecule has 0 atom stereocenters. The number of carbonyl (C=O) groups is 1. The van der Waals surface area contributed by atoms with Crippen molar-refractivity contribution >= 4 is 50.4 Å². The molecule has 0 fully saturated rings. The van der Waals surface area contributed by atoms with Crippen molar-refractivity contribution in [3.63, 3.8) is 0 Å². The lowest BCUT2D eigenvalue weighted by atomic mass is 10.4. The summed E-state index contributed by atoms with van der Waals surface area (Å²) in [5.74, 6) is 4.61. The molecule has 0 unspecified atom stereocenters. The molecule has 118 valence electrons. The molecule has 0 spiro atoms. The maximum Gasteiger partial charge on any atom is 0.214 e. The summed E-state index contributed by atoms with van der Waals surface area (Å²) in [6.07, 6.45) is 1.22. The Labute approximate surface area is 135 Å². The summed E-state index contributed by atoms with van der Waals surface area (Å²) in [5, 5.41) is 0.0730. The summed E-state index contributed by atoms with van der Waals surface area (Å²) < 4.78 is 23.7. The van der Waals surface area contributed by atoms with Crippen LogP contribution in [-0.2, 0) is 14.8 Å². The van der Waals surface area contributed by atoms with Crippen LogP contribution in [0.15, 0.2) is 12.2 Å². The van der Waals surface area contributed by atoms with Crippen LogP contribution in [0.1, 0.15) is 6.92 Å². The third-order valence-electron chi connectivity index (χ3n) is 2.30. The van der Waals surface area contributed by atoms with Gasteiger partial charge in [-0.1, -0.05) is 18.3 Å². The molecule has 0 radical (unpaired) electrons. The minimum absolute atomic E-state index is 0.0730. The minimum Gasteiger partial charge on any atom is -0.282 e. The number of rotatable bonds is 11. The lowest BCUT2D eigenvalue weighted by Gasteiger charge is -2.13. The summed E-state index contributed by atoms with van der Waals surface area (Å²) >= 11 is 4.89. The molecule has 0 heterocycles. The van der Waals surface area contributed by atoms with Crippen molar-refractivity contribution in [2.24, 2.45) is 0 Å². The average molecular weight is 358 g/mol. The van der Waals surface area contributed by atoms with E-state index in [-0.39, 0.29) is 5.12 Å². The Hall–Kier alpha value is 0.370. The van der Waals surface area contributed by atoms with Gasteiger partial charge in [-0.15, -0.1) is 0 Å². The van der Waals surface area contributed by atoms with Gasteiger partial charge in [0.05, 0.1) is 6.26 Å². The second kappa shape index (κ2) is 11.0. The summed E-state index contributed by atoms with van der Waals surface area (Å²) in [7, 11) is -1.45. The highest BCUT2D eigenvalue weighted by atomic mass is 32.2. The van der Waals surface area contributed by atoms with E-state index in [9.17, 15) is 13.2 Å². The summed E-state index contributed by atoms with van der Waals surface area (Å²) in [6, 6.07) is 0. The molecular weight excluding hydrogens is 334 g/mol. The van der Waals surface area contributed by atoms with E-state index in [1.807, 2.05) is 11.8 Å². The van der Waals surface area contributed by atoms with E-state index in [0.29, 0.717) is 12.1 Å². The summed E-state index contributed by atoms with van der Waals surface area (Å²) in [6.45, 7) is 5.89. The molecule has 8 heteroatoms. The Morgan fingerprint density at radius 2 is 1.60 bits per heavy atom. The fourth-order valence-corrected chi connectivity index (χ4v) is 4.53. The van der Waals surface area contributed by atoms with Gasteiger partial charge >= 0.3 is 0 Å². The second-order valence-electron chi connectivity index (χ2n) is 4.23. The van der Waals surface area contributed by atoms with Crippen LogP contribution in [0.2, 0.25) is 0 Å². The zero-order valence-electron chi connectivity index (χ0n) is 12.3. The predicted octanol–water partition coefficient (Wildman–Crippen LogP) is 2.18. The fraction of sp³-hybridized carbons (Fsp3) is 0.750. The number of sulfonamides is 1. The van der Waals surface area contributed by atoms with E-state index in [4.69, 9.17) is 0 Å². The number of carbonyl (C=O) groups excluding carboxylic acids is 1. The van der Waals surface area contributed by atoms with Gasteiger partial charge in [-0.25, -0.2) is 12.7 Å². The molecule has 0 N–H and O–H groups in total. The van der Waals surface area contributed by atoms with E-state index in [2.05, 4.69) is 6.58 Å². The molecule has 0 aromatic heterocycles. The highest BCUT2D eigenvalue weighted by molar-refractivity contribution is 8.14. The number of hydrogen-bond acceptors (Lipinski definition) is 6. The SMILES string of the molecule is C=C(C)C(=O)SCCSCCSCCN(C)S(C)(=O)=O. The average Bonchev–Trinajstić information content (AvgIpc) is 2.34. The van der Waals surface area contributed by atoms with Crippen LogP contribution in [0.25, 0.3) is 0 Å². The van der Waals surface area contributed by atoms with Gasteiger partial charge in [0.2, 0.25) is 15.1 Å². The van der Waals surface area contributed by atoms with E-state index in [0.717, 1.165) is 28.8 Å². The minimum atomic E-state index is -3.05. The molecule has 20 heavy (non-hydrogen) atoms. The first-order valence-corrected chi connectivity index (χ1v) is 11.3. The zero-order valence-corrected chi connectivity index (χ0v) is 15.5. The van der Waals surface area contributed by atoms with Gasteiger partial charge in [-0.05, 0) is 12.5 Å². The Bertz CT molecular complexity index is 409. The van der Waals surface area contributed by atoms with Crippen LogP contribution in [-0.4, -0.2) is 66.5 Å². The van der Waals surface area contributed by atoms with Crippen LogP contribution < -0.4 is 0 Å².